The first-order valence-electron chi connectivity index (χ1n) is 9.43. The first-order chi connectivity index (χ1) is 13.4. The minimum absolute atomic E-state index is 0.120. The van der Waals surface area contributed by atoms with Gasteiger partial charge in [-0.05, 0) is 43.9 Å². The maximum absolute atomic E-state index is 12.7. The summed E-state index contributed by atoms with van der Waals surface area (Å²) in [5.41, 5.74) is 1.74. The topological polar surface area (TPSA) is 74.8 Å². The van der Waals surface area contributed by atoms with Gasteiger partial charge in [0.1, 0.15) is 4.83 Å². The molecule has 2 atom stereocenters. The zero-order chi connectivity index (χ0) is 20.3. The lowest BCUT2D eigenvalue weighted by Gasteiger charge is -2.11. The van der Waals surface area contributed by atoms with Gasteiger partial charge in [-0.25, -0.2) is 4.98 Å². The molecule has 3 aromatic rings. The summed E-state index contributed by atoms with van der Waals surface area (Å²) in [7, 11) is 0. The fourth-order valence-electron chi connectivity index (χ4n) is 2.94. The van der Waals surface area contributed by atoms with Gasteiger partial charge in [-0.15, -0.1) is 11.3 Å². The largest absolute Gasteiger partial charge is 0.325 e. The molecule has 0 unspecified atom stereocenters. The Kier molecular flexibility index (Phi) is 6.57. The normalized spacial score (nSPS) is 13.4. The zero-order valence-corrected chi connectivity index (χ0v) is 18.2. The van der Waals surface area contributed by atoms with Crippen molar-refractivity contribution in [2.75, 3.05) is 5.32 Å². The molecule has 0 saturated heterocycles. The predicted molar refractivity (Wildman–Crippen MR) is 119 cm³/mol. The molecule has 3 rings (SSSR count). The fourth-order valence-corrected chi connectivity index (χ4v) is 4.84. The highest BCUT2D eigenvalue weighted by atomic mass is 32.2. The molecular weight excluding hydrogens is 390 g/mol. The number of fused-ring (bicyclic) bond motifs is 1. The highest BCUT2D eigenvalue weighted by Crippen LogP contribution is 2.31. The van der Waals surface area contributed by atoms with Gasteiger partial charge in [0.25, 0.3) is 5.56 Å². The van der Waals surface area contributed by atoms with Crippen LogP contribution in [0.3, 0.4) is 0 Å². The number of hydrogen-bond donors (Lipinski definition) is 2. The maximum Gasteiger partial charge on any atom is 0.260 e. The number of carbonyl (C=O) groups excluding carboxylic acids is 1. The third kappa shape index (κ3) is 4.64. The summed E-state index contributed by atoms with van der Waals surface area (Å²) in [4.78, 5) is 34.6. The standard InChI is InChI=1S/C21H25N3O2S2/c1-5-12(2)11-16-13(3)27-20-17(16)19(26)23-21(24-20)28-14(4)18(25)22-15-9-7-6-8-10-15/h6-10,12,14H,5,11H2,1-4H3,(H,22,25)(H,23,24,26)/t12-,14+/m1/s1. The van der Waals surface area contributed by atoms with Crippen LogP contribution >= 0.6 is 23.1 Å². The molecule has 2 heterocycles. The van der Waals surface area contributed by atoms with E-state index in [0.29, 0.717) is 16.5 Å². The number of hydrogen-bond acceptors (Lipinski definition) is 5. The summed E-state index contributed by atoms with van der Waals surface area (Å²) in [6.07, 6.45) is 1.96. The van der Waals surface area contributed by atoms with Crippen molar-refractivity contribution in [3.05, 3.63) is 51.1 Å². The second kappa shape index (κ2) is 8.92. The number of para-hydroxylation sites is 1. The number of H-pyrrole nitrogens is 1. The molecule has 0 spiro atoms. The SMILES string of the molecule is CC[C@@H](C)Cc1c(C)sc2nc(S[C@@H](C)C(=O)Nc3ccccc3)[nH]c(=O)c12. The van der Waals surface area contributed by atoms with E-state index in [9.17, 15) is 9.59 Å². The number of aryl methyl sites for hydroxylation is 1. The van der Waals surface area contributed by atoms with Crippen LogP contribution in [0.4, 0.5) is 5.69 Å². The van der Waals surface area contributed by atoms with Crippen molar-refractivity contribution in [3.63, 3.8) is 0 Å². The molecule has 0 aliphatic rings. The van der Waals surface area contributed by atoms with Gasteiger partial charge in [0, 0.05) is 10.6 Å². The van der Waals surface area contributed by atoms with Crippen LogP contribution in [0.2, 0.25) is 0 Å². The van der Waals surface area contributed by atoms with Gasteiger partial charge < -0.3 is 10.3 Å². The molecule has 2 aromatic heterocycles. The smallest absolute Gasteiger partial charge is 0.260 e. The molecule has 0 saturated carbocycles. The summed E-state index contributed by atoms with van der Waals surface area (Å²) >= 11 is 2.81. The van der Waals surface area contributed by atoms with Crippen molar-refractivity contribution >= 4 is 44.9 Å². The molecule has 7 heteroatoms. The Morgan fingerprint density at radius 1 is 1.29 bits per heavy atom. The van der Waals surface area contributed by atoms with E-state index in [-0.39, 0.29) is 16.7 Å². The second-order valence-electron chi connectivity index (χ2n) is 7.02. The van der Waals surface area contributed by atoms with Crippen molar-refractivity contribution in [1.82, 2.24) is 9.97 Å². The number of thiophene rings is 1. The number of aromatic nitrogens is 2. The van der Waals surface area contributed by atoms with Crippen molar-refractivity contribution in [1.29, 1.82) is 0 Å². The van der Waals surface area contributed by atoms with Crippen molar-refractivity contribution < 1.29 is 4.79 Å². The third-order valence-electron chi connectivity index (χ3n) is 4.79. The van der Waals surface area contributed by atoms with Gasteiger partial charge in [-0.3, -0.25) is 9.59 Å². The predicted octanol–water partition coefficient (Wildman–Crippen LogP) is 5.00. The highest BCUT2D eigenvalue weighted by Gasteiger charge is 2.20. The third-order valence-corrected chi connectivity index (χ3v) is 6.82. The summed E-state index contributed by atoms with van der Waals surface area (Å²) < 4.78 is 0. The minimum atomic E-state index is -0.388. The average Bonchev–Trinajstić information content (AvgIpc) is 2.97. The van der Waals surface area contributed by atoms with E-state index in [0.717, 1.165) is 33.8 Å². The molecule has 1 aromatic carbocycles. The summed E-state index contributed by atoms with van der Waals surface area (Å²) in [5.74, 6) is 0.394. The van der Waals surface area contributed by atoms with Gasteiger partial charge in [0.15, 0.2) is 5.16 Å². The van der Waals surface area contributed by atoms with E-state index in [4.69, 9.17) is 0 Å². The molecule has 0 aliphatic heterocycles. The lowest BCUT2D eigenvalue weighted by Crippen LogP contribution is -2.23. The van der Waals surface area contributed by atoms with Crippen LogP contribution in [0, 0.1) is 12.8 Å². The number of rotatable bonds is 7. The average molecular weight is 416 g/mol. The van der Waals surface area contributed by atoms with Gasteiger partial charge in [0.05, 0.1) is 10.6 Å². The maximum atomic E-state index is 12.7. The molecular formula is C21H25N3O2S2. The van der Waals surface area contributed by atoms with Gasteiger partial charge in [0.2, 0.25) is 5.91 Å². The first kappa shape index (κ1) is 20.6. The molecule has 148 valence electrons. The highest BCUT2D eigenvalue weighted by molar-refractivity contribution is 8.00. The summed E-state index contributed by atoms with van der Waals surface area (Å²) in [6, 6.07) is 9.33. The van der Waals surface area contributed by atoms with E-state index in [1.807, 2.05) is 37.3 Å². The molecule has 0 radical (unpaired) electrons. The number of benzene rings is 1. The van der Waals surface area contributed by atoms with Crippen LogP contribution in [-0.4, -0.2) is 21.1 Å². The van der Waals surface area contributed by atoms with E-state index >= 15 is 0 Å². The van der Waals surface area contributed by atoms with Crippen LogP contribution < -0.4 is 10.9 Å². The Hall–Kier alpha value is -2.12. The van der Waals surface area contributed by atoms with Crippen molar-refractivity contribution in [3.8, 4) is 0 Å². The van der Waals surface area contributed by atoms with Crippen LogP contribution in [-0.2, 0) is 11.2 Å². The molecule has 0 fully saturated rings. The monoisotopic (exact) mass is 415 g/mol. The number of nitrogens with zero attached hydrogens (tertiary/aromatic N) is 1. The van der Waals surface area contributed by atoms with Crippen LogP contribution in [0.25, 0.3) is 10.2 Å². The number of anilines is 1. The zero-order valence-electron chi connectivity index (χ0n) is 16.5. The minimum Gasteiger partial charge on any atom is -0.325 e. The molecule has 1 amide bonds. The Labute approximate surface area is 173 Å². The molecule has 2 N–H and O–H groups in total. The van der Waals surface area contributed by atoms with E-state index < -0.39 is 0 Å². The number of amides is 1. The Balaban J connectivity index is 1.80. The lowest BCUT2D eigenvalue weighted by molar-refractivity contribution is -0.115. The first-order valence-corrected chi connectivity index (χ1v) is 11.1. The van der Waals surface area contributed by atoms with E-state index in [2.05, 4.69) is 29.1 Å². The fraction of sp³-hybridized carbons (Fsp3) is 0.381. The number of nitrogens with one attached hydrogen (secondary N) is 2. The Bertz CT molecular complexity index is 1030. The lowest BCUT2D eigenvalue weighted by atomic mass is 9.98. The van der Waals surface area contributed by atoms with Gasteiger partial charge in [-0.2, -0.15) is 0 Å². The second-order valence-corrected chi connectivity index (χ2v) is 9.55. The van der Waals surface area contributed by atoms with Crippen molar-refractivity contribution in [2.24, 2.45) is 5.92 Å². The molecule has 28 heavy (non-hydrogen) atoms. The van der Waals surface area contributed by atoms with E-state index in [1.54, 1.807) is 18.3 Å². The Morgan fingerprint density at radius 3 is 2.68 bits per heavy atom. The van der Waals surface area contributed by atoms with Gasteiger partial charge in [-0.1, -0.05) is 50.2 Å². The van der Waals surface area contributed by atoms with Crippen LogP contribution in [0.15, 0.2) is 40.3 Å². The molecule has 5 nitrogen and oxygen atoms in total. The molecule has 0 aliphatic carbocycles. The summed E-state index contributed by atoms with van der Waals surface area (Å²) in [6.45, 7) is 8.21. The van der Waals surface area contributed by atoms with Gasteiger partial charge >= 0.3 is 0 Å². The van der Waals surface area contributed by atoms with Crippen LogP contribution in [0.1, 0.15) is 37.6 Å². The van der Waals surface area contributed by atoms with Crippen LogP contribution in [0.5, 0.6) is 0 Å². The summed E-state index contributed by atoms with van der Waals surface area (Å²) in [5, 5.41) is 3.67. The van der Waals surface area contributed by atoms with Crippen molar-refractivity contribution in [2.45, 2.75) is 50.9 Å². The Morgan fingerprint density at radius 2 is 2.00 bits per heavy atom. The molecule has 0 bridgehead atoms. The van der Waals surface area contributed by atoms with E-state index in [1.165, 1.54) is 11.8 Å². The number of carbonyl (C=O) groups is 1. The number of thioether (sulfide) groups is 1. The number of aromatic amines is 1. The quantitative estimate of drug-likeness (QED) is 0.421.